The number of rotatable bonds is 20. The molecule has 0 heterocycles. The molecular formula is C24H42O4. The van der Waals surface area contributed by atoms with E-state index in [4.69, 9.17) is 4.74 Å². The SMILES string of the molecule is C=CCOC(=O)CC(CCCCCCCCCCCC/C=C/CCC)C(=O)O. The summed E-state index contributed by atoms with van der Waals surface area (Å²) in [4.78, 5) is 22.8. The highest BCUT2D eigenvalue weighted by atomic mass is 16.5. The summed E-state index contributed by atoms with van der Waals surface area (Å²) in [6, 6.07) is 0. The molecule has 0 saturated heterocycles. The zero-order valence-electron chi connectivity index (χ0n) is 18.0. The van der Waals surface area contributed by atoms with Crippen molar-refractivity contribution in [3.05, 3.63) is 24.8 Å². The first-order valence-corrected chi connectivity index (χ1v) is 11.3. The maximum Gasteiger partial charge on any atom is 0.307 e. The number of carbonyl (C=O) groups excluding carboxylic acids is 1. The van der Waals surface area contributed by atoms with Crippen LogP contribution in [-0.4, -0.2) is 23.7 Å². The largest absolute Gasteiger partial charge is 0.481 e. The van der Waals surface area contributed by atoms with E-state index in [9.17, 15) is 14.7 Å². The summed E-state index contributed by atoms with van der Waals surface area (Å²) >= 11 is 0. The molecule has 0 aliphatic heterocycles. The van der Waals surface area contributed by atoms with Crippen molar-refractivity contribution in [2.24, 2.45) is 5.92 Å². The molecule has 0 rings (SSSR count). The summed E-state index contributed by atoms with van der Waals surface area (Å²) in [5.74, 6) is -1.99. The van der Waals surface area contributed by atoms with E-state index in [-0.39, 0.29) is 13.0 Å². The van der Waals surface area contributed by atoms with Gasteiger partial charge >= 0.3 is 11.9 Å². The number of ether oxygens (including phenoxy) is 1. The first kappa shape index (κ1) is 26.4. The molecule has 0 aromatic carbocycles. The van der Waals surface area contributed by atoms with Gasteiger partial charge in [0, 0.05) is 0 Å². The summed E-state index contributed by atoms with van der Waals surface area (Å²) in [6.45, 7) is 5.82. The number of carboxylic acids is 1. The Labute approximate surface area is 172 Å². The lowest BCUT2D eigenvalue weighted by Crippen LogP contribution is -2.19. The number of esters is 1. The number of aliphatic carboxylic acids is 1. The third-order valence-electron chi connectivity index (χ3n) is 4.92. The minimum absolute atomic E-state index is 0.0441. The standard InChI is InChI=1S/C24H42O4/c1-3-5-6-7-8-9-10-11-12-13-14-15-16-17-18-19-22(24(26)27)21-23(25)28-20-4-2/h4,6-7,22H,2-3,5,8-21H2,1H3,(H,26,27)/b7-6+. The van der Waals surface area contributed by atoms with Crippen LogP contribution < -0.4 is 0 Å². The van der Waals surface area contributed by atoms with Crippen molar-refractivity contribution in [3.63, 3.8) is 0 Å². The van der Waals surface area contributed by atoms with E-state index in [0.717, 1.165) is 19.3 Å². The monoisotopic (exact) mass is 394 g/mol. The molecule has 162 valence electrons. The molecule has 1 unspecified atom stereocenters. The Morgan fingerprint density at radius 1 is 0.893 bits per heavy atom. The fraction of sp³-hybridized carbons (Fsp3) is 0.750. The van der Waals surface area contributed by atoms with Gasteiger partial charge < -0.3 is 9.84 Å². The van der Waals surface area contributed by atoms with Gasteiger partial charge in [0.05, 0.1) is 12.3 Å². The zero-order chi connectivity index (χ0) is 20.9. The molecule has 4 nitrogen and oxygen atoms in total. The van der Waals surface area contributed by atoms with E-state index >= 15 is 0 Å². The first-order chi connectivity index (χ1) is 13.6. The third-order valence-corrected chi connectivity index (χ3v) is 4.92. The fourth-order valence-corrected chi connectivity index (χ4v) is 3.19. The minimum Gasteiger partial charge on any atom is -0.481 e. The van der Waals surface area contributed by atoms with Crippen molar-refractivity contribution < 1.29 is 19.4 Å². The van der Waals surface area contributed by atoms with Gasteiger partial charge in [-0.2, -0.15) is 0 Å². The van der Waals surface area contributed by atoms with Gasteiger partial charge in [0.25, 0.3) is 0 Å². The minimum atomic E-state index is -0.906. The van der Waals surface area contributed by atoms with Crippen LogP contribution in [0.1, 0.15) is 103 Å². The molecule has 1 N–H and O–H groups in total. The molecule has 0 bridgehead atoms. The van der Waals surface area contributed by atoms with Crippen molar-refractivity contribution in [1.29, 1.82) is 0 Å². The van der Waals surface area contributed by atoms with Crippen LogP contribution in [0.5, 0.6) is 0 Å². The van der Waals surface area contributed by atoms with Crippen molar-refractivity contribution in [2.75, 3.05) is 6.61 Å². The molecule has 0 fully saturated rings. The quantitative estimate of drug-likeness (QED) is 0.139. The highest BCUT2D eigenvalue weighted by Crippen LogP contribution is 2.17. The summed E-state index contributed by atoms with van der Waals surface area (Å²) in [5, 5.41) is 9.23. The molecule has 28 heavy (non-hydrogen) atoms. The van der Waals surface area contributed by atoms with E-state index in [1.165, 1.54) is 70.3 Å². The zero-order valence-corrected chi connectivity index (χ0v) is 18.0. The van der Waals surface area contributed by atoms with Crippen LogP contribution in [0.15, 0.2) is 24.8 Å². The normalized spacial score (nSPS) is 12.2. The van der Waals surface area contributed by atoms with Gasteiger partial charge in [-0.25, -0.2) is 0 Å². The maximum atomic E-state index is 11.5. The number of allylic oxidation sites excluding steroid dienone is 2. The Hall–Kier alpha value is -1.58. The van der Waals surface area contributed by atoms with Crippen molar-refractivity contribution >= 4 is 11.9 Å². The molecule has 0 radical (unpaired) electrons. The van der Waals surface area contributed by atoms with Crippen molar-refractivity contribution in [1.82, 2.24) is 0 Å². The third kappa shape index (κ3) is 17.8. The van der Waals surface area contributed by atoms with Gasteiger partial charge in [-0.1, -0.05) is 95.9 Å². The van der Waals surface area contributed by atoms with Crippen LogP contribution in [-0.2, 0) is 14.3 Å². The molecular weight excluding hydrogens is 352 g/mol. The van der Waals surface area contributed by atoms with E-state index in [1.54, 1.807) is 0 Å². The lowest BCUT2D eigenvalue weighted by Gasteiger charge is -2.11. The van der Waals surface area contributed by atoms with Crippen molar-refractivity contribution in [2.45, 2.75) is 103 Å². The molecule has 0 spiro atoms. The predicted octanol–water partition coefficient (Wildman–Crippen LogP) is 6.84. The van der Waals surface area contributed by atoms with Crippen LogP contribution in [0.3, 0.4) is 0 Å². The molecule has 0 aliphatic carbocycles. The van der Waals surface area contributed by atoms with Crippen LogP contribution in [0.25, 0.3) is 0 Å². The lowest BCUT2D eigenvalue weighted by molar-refractivity contribution is -0.151. The van der Waals surface area contributed by atoms with Crippen LogP contribution >= 0.6 is 0 Å². The van der Waals surface area contributed by atoms with Crippen molar-refractivity contribution in [3.8, 4) is 0 Å². The average molecular weight is 395 g/mol. The summed E-state index contributed by atoms with van der Waals surface area (Å²) in [6.07, 6.45) is 22.4. The number of carboxylic acid groups (broad SMARTS) is 1. The van der Waals surface area contributed by atoms with E-state index in [2.05, 4.69) is 25.7 Å². The van der Waals surface area contributed by atoms with Gasteiger partial charge in [-0.3, -0.25) is 9.59 Å². The number of unbranched alkanes of at least 4 members (excludes halogenated alkanes) is 11. The lowest BCUT2D eigenvalue weighted by atomic mass is 9.97. The van der Waals surface area contributed by atoms with Crippen LogP contribution in [0.4, 0.5) is 0 Å². The molecule has 4 heteroatoms. The summed E-state index contributed by atoms with van der Waals surface area (Å²) < 4.78 is 4.88. The van der Waals surface area contributed by atoms with E-state index < -0.39 is 17.9 Å². The number of carbonyl (C=O) groups is 2. The topological polar surface area (TPSA) is 63.6 Å². The molecule has 0 amide bonds. The highest BCUT2D eigenvalue weighted by molar-refractivity contribution is 5.78. The van der Waals surface area contributed by atoms with Gasteiger partial charge in [0.2, 0.25) is 0 Å². The second kappa shape index (κ2) is 20.2. The highest BCUT2D eigenvalue weighted by Gasteiger charge is 2.21. The maximum absolute atomic E-state index is 11.5. The Bertz CT molecular complexity index is 428. The Morgan fingerprint density at radius 2 is 1.43 bits per heavy atom. The second-order valence-electron chi connectivity index (χ2n) is 7.58. The second-order valence-corrected chi connectivity index (χ2v) is 7.58. The predicted molar refractivity (Wildman–Crippen MR) is 116 cm³/mol. The van der Waals surface area contributed by atoms with Crippen LogP contribution in [0.2, 0.25) is 0 Å². The molecule has 0 aliphatic rings. The fourth-order valence-electron chi connectivity index (χ4n) is 3.19. The molecule has 1 atom stereocenters. The van der Waals surface area contributed by atoms with Gasteiger partial charge in [0.1, 0.15) is 6.61 Å². The van der Waals surface area contributed by atoms with Gasteiger partial charge in [-0.15, -0.1) is 0 Å². The Kier molecular flexibility index (Phi) is 19.0. The number of hydrogen-bond donors (Lipinski definition) is 1. The Balaban J connectivity index is 3.50. The summed E-state index contributed by atoms with van der Waals surface area (Å²) in [7, 11) is 0. The summed E-state index contributed by atoms with van der Waals surface area (Å²) in [5.41, 5.74) is 0. The first-order valence-electron chi connectivity index (χ1n) is 11.3. The number of hydrogen-bond acceptors (Lipinski definition) is 3. The molecule has 0 aromatic rings. The van der Waals surface area contributed by atoms with Crippen LogP contribution in [0, 0.1) is 5.92 Å². The van der Waals surface area contributed by atoms with E-state index in [1.807, 2.05) is 0 Å². The molecule has 0 aromatic heterocycles. The average Bonchev–Trinajstić information content (AvgIpc) is 2.68. The smallest absolute Gasteiger partial charge is 0.307 e. The van der Waals surface area contributed by atoms with Gasteiger partial charge in [-0.05, 0) is 25.7 Å². The van der Waals surface area contributed by atoms with E-state index in [0.29, 0.717) is 6.42 Å². The Morgan fingerprint density at radius 3 is 1.96 bits per heavy atom. The molecule has 0 saturated carbocycles. The van der Waals surface area contributed by atoms with Gasteiger partial charge in [0.15, 0.2) is 0 Å².